The summed E-state index contributed by atoms with van der Waals surface area (Å²) in [5.74, 6) is -0.920. The standard InChI is InChI=1S/C15H15NO3/c17-15(18)12-8-11-6-7-13(14(11)16-12)19-9-10-4-2-1-3-5-10/h1-5,8,13,16H,6-7,9H2,(H,17,18)/t13-/m1/s1. The second kappa shape index (κ2) is 4.90. The van der Waals surface area contributed by atoms with Gasteiger partial charge in [-0.2, -0.15) is 0 Å². The number of carbonyl (C=O) groups is 1. The second-order valence-corrected chi connectivity index (χ2v) is 4.75. The Bertz CT molecular complexity index is 589. The van der Waals surface area contributed by atoms with E-state index in [0.29, 0.717) is 6.61 Å². The fourth-order valence-electron chi connectivity index (χ4n) is 2.49. The van der Waals surface area contributed by atoms with Gasteiger partial charge in [-0.1, -0.05) is 30.3 Å². The molecule has 4 nitrogen and oxygen atoms in total. The van der Waals surface area contributed by atoms with Gasteiger partial charge in [0, 0.05) is 5.69 Å². The van der Waals surface area contributed by atoms with Crippen LogP contribution in [0.5, 0.6) is 0 Å². The number of carboxylic acid groups (broad SMARTS) is 1. The molecule has 19 heavy (non-hydrogen) atoms. The highest BCUT2D eigenvalue weighted by atomic mass is 16.5. The highest BCUT2D eigenvalue weighted by Gasteiger charge is 2.27. The van der Waals surface area contributed by atoms with Gasteiger partial charge in [-0.25, -0.2) is 4.79 Å². The Morgan fingerprint density at radius 2 is 2.16 bits per heavy atom. The quantitative estimate of drug-likeness (QED) is 0.885. The summed E-state index contributed by atoms with van der Waals surface area (Å²) in [5.41, 5.74) is 3.36. The summed E-state index contributed by atoms with van der Waals surface area (Å²) in [7, 11) is 0. The summed E-state index contributed by atoms with van der Waals surface area (Å²) in [6.45, 7) is 0.548. The molecule has 4 heteroatoms. The molecule has 0 spiro atoms. The molecule has 1 heterocycles. The molecule has 1 aromatic carbocycles. The zero-order valence-electron chi connectivity index (χ0n) is 10.4. The number of aromatic nitrogens is 1. The van der Waals surface area contributed by atoms with Crippen LogP contribution in [0, 0.1) is 0 Å². The third-order valence-electron chi connectivity index (χ3n) is 3.46. The smallest absolute Gasteiger partial charge is 0.352 e. The Kier molecular flexibility index (Phi) is 3.09. The van der Waals surface area contributed by atoms with Gasteiger partial charge in [-0.05, 0) is 30.0 Å². The lowest BCUT2D eigenvalue weighted by Gasteiger charge is -2.12. The number of fused-ring (bicyclic) bond motifs is 1. The fraction of sp³-hybridized carbons (Fsp3) is 0.267. The summed E-state index contributed by atoms with van der Waals surface area (Å²) in [5, 5.41) is 8.96. The number of hydrogen-bond donors (Lipinski definition) is 2. The van der Waals surface area contributed by atoms with E-state index in [0.717, 1.165) is 29.7 Å². The molecule has 0 unspecified atom stereocenters. The summed E-state index contributed by atoms with van der Waals surface area (Å²) >= 11 is 0. The monoisotopic (exact) mass is 257 g/mol. The lowest BCUT2D eigenvalue weighted by molar-refractivity contribution is 0.0384. The number of H-pyrrole nitrogens is 1. The number of ether oxygens (including phenoxy) is 1. The number of aryl methyl sites for hydroxylation is 1. The molecule has 0 radical (unpaired) electrons. The molecule has 0 aliphatic heterocycles. The molecule has 98 valence electrons. The Labute approximate surface area is 111 Å². The Hall–Kier alpha value is -2.07. The first-order valence-corrected chi connectivity index (χ1v) is 6.34. The molecule has 0 bridgehead atoms. The largest absolute Gasteiger partial charge is 0.477 e. The molecule has 0 saturated heterocycles. The maximum absolute atomic E-state index is 10.9. The lowest BCUT2D eigenvalue weighted by Crippen LogP contribution is -2.03. The lowest BCUT2D eigenvalue weighted by atomic mass is 10.2. The van der Waals surface area contributed by atoms with Crippen LogP contribution in [0.2, 0.25) is 0 Å². The zero-order valence-corrected chi connectivity index (χ0v) is 10.4. The van der Waals surface area contributed by atoms with Gasteiger partial charge in [0.1, 0.15) is 5.69 Å². The van der Waals surface area contributed by atoms with E-state index in [9.17, 15) is 4.79 Å². The second-order valence-electron chi connectivity index (χ2n) is 4.75. The van der Waals surface area contributed by atoms with Crippen LogP contribution in [-0.4, -0.2) is 16.1 Å². The van der Waals surface area contributed by atoms with Gasteiger partial charge < -0.3 is 14.8 Å². The number of nitrogens with one attached hydrogen (secondary N) is 1. The number of aromatic carboxylic acids is 1. The van der Waals surface area contributed by atoms with Crippen LogP contribution in [0.4, 0.5) is 0 Å². The highest BCUT2D eigenvalue weighted by Crippen LogP contribution is 2.34. The van der Waals surface area contributed by atoms with E-state index in [2.05, 4.69) is 4.98 Å². The average molecular weight is 257 g/mol. The number of rotatable bonds is 4. The third kappa shape index (κ3) is 2.39. The van der Waals surface area contributed by atoms with Gasteiger partial charge in [0.05, 0.1) is 12.7 Å². The summed E-state index contributed by atoms with van der Waals surface area (Å²) in [6, 6.07) is 11.7. The molecule has 1 aliphatic rings. The highest BCUT2D eigenvalue weighted by molar-refractivity contribution is 5.86. The molecule has 1 aliphatic carbocycles. The summed E-state index contributed by atoms with van der Waals surface area (Å²) in [4.78, 5) is 13.9. The van der Waals surface area contributed by atoms with E-state index < -0.39 is 5.97 Å². The van der Waals surface area contributed by atoms with Crippen molar-refractivity contribution in [2.75, 3.05) is 0 Å². The minimum atomic E-state index is -0.920. The molecule has 1 atom stereocenters. The van der Waals surface area contributed by atoms with Gasteiger partial charge >= 0.3 is 5.97 Å². The molecule has 2 aromatic rings. The molecule has 0 amide bonds. The van der Waals surface area contributed by atoms with Crippen molar-refractivity contribution in [3.63, 3.8) is 0 Å². The van der Waals surface area contributed by atoms with Crippen molar-refractivity contribution in [1.82, 2.24) is 4.98 Å². The van der Waals surface area contributed by atoms with Crippen LogP contribution in [0.3, 0.4) is 0 Å². The molecule has 0 saturated carbocycles. The van der Waals surface area contributed by atoms with Gasteiger partial charge in [0.2, 0.25) is 0 Å². The van der Waals surface area contributed by atoms with E-state index in [1.165, 1.54) is 0 Å². The molecule has 0 fully saturated rings. The van der Waals surface area contributed by atoms with E-state index in [-0.39, 0.29) is 11.8 Å². The van der Waals surface area contributed by atoms with E-state index in [4.69, 9.17) is 9.84 Å². The van der Waals surface area contributed by atoms with Crippen molar-refractivity contribution in [2.45, 2.75) is 25.6 Å². The Morgan fingerprint density at radius 3 is 2.89 bits per heavy atom. The van der Waals surface area contributed by atoms with E-state index in [1.54, 1.807) is 6.07 Å². The number of hydrogen-bond acceptors (Lipinski definition) is 2. The first-order chi connectivity index (χ1) is 9.24. The zero-order chi connectivity index (χ0) is 13.2. The maximum atomic E-state index is 10.9. The average Bonchev–Trinajstić information content (AvgIpc) is 2.98. The first kappa shape index (κ1) is 12.0. The van der Waals surface area contributed by atoms with Crippen molar-refractivity contribution in [2.24, 2.45) is 0 Å². The van der Waals surface area contributed by atoms with Crippen LogP contribution in [-0.2, 0) is 17.8 Å². The van der Waals surface area contributed by atoms with Gasteiger partial charge in [0.15, 0.2) is 0 Å². The molecule has 3 rings (SSSR count). The molecular weight excluding hydrogens is 242 g/mol. The molecule has 1 aromatic heterocycles. The number of benzene rings is 1. The predicted molar refractivity (Wildman–Crippen MR) is 70.0 cm³/mol. The summed E-state index contributed by atoms with van der Waals surface area (Å²) in [6.07, 6.45) is 1.76. The van der Waals surface area contributed by atoms with Gasteiger partial charge in [-0.3, -0.25) is 0 Å². The van der Waals surface area contributed by atoms with Crippen molar-refractivity contribution >= 4 is 5.97 Å². The fourth-order valence-corrected chi connectivity index (χ4v) is 2.49. The van der Waals surface area contributed by atoms with Crippen LogP contribution in [0.25, 0.3) is 0 Å². The maximum Gasteiger partial charge on any atom is 0.352 e. The topological polar surface area (TPSA) is 62.3 Å². The Morgan fingerprint density at radius 1 is 1.37 bits per heavy atom. The normalized spacial score (nSPS) is 17.4. The van der Waals surface area contributed by atoms with Crippen molar-refractivity contribution < 1.29 is 14.6 Å². The molecular formula is C15H15NO3. The number of carboxylic acids is 1. The first-order valence-electron chi connectivity index (χ1n) is 6.34. The third-order valence-corrected chi connectivity index (χ3v) is 3.46. The van der Waals surface area contributed by atoms with Crippen LogP contribution in [0.15, 0.2) is 36.4 Å². The van der Waals surface area contributed by atoms with Crippen molar-refractivity contribution in [3.05, 3.63) is 58.9 Å². The van der Waals surface area contributed by atoms with Gasteiger partial charge in [0.25, 0.3) is 0 Å². The predicted octanol–water partition coefficient (Wildman–Crippen LogP) is 2.92. The van der Waals surface area contributed by atoms with E-state index in [1.807, 2.05) is 30.3 Å². The van der Waals surface area contributed by atoms with Crippen molar-refractivity contribution in [3.8, 4) is 0 Å². The molecule has 2 N–H and O–H groups in total. The van der Waals surface area contributed by atoms with Crippen LogP contribution in [0.1, 0.15) is 39.8 Å². The van der Waals surface area contributed by atoms with Gasteiger partial charge in [-0.15, -0.1) is 0 Å². The Balaban J connectivity index is 1.70. The van der Waals surface area contributed by atoms with Crippen molar-refractivity contribution in [1.29, 1.82) is 0 Å². The van der Waals surface area contributed by atoms with Crippen LogP contribution >= 0.6 is 0 Å². The van der Waals surface area contributed by atoms with Crippen LogP contribution < -0.4 is 0 Å². The minimum absolute atomic E-state index is 0.0247. The SMILES string of the molecule is O=C(O)c1cc2c([nH]1)[C@H](OCc1ccccc1)CC2. The van der Waals surface area contributed by atoms with E-state index >= 15 is 0 Å². The summed E-state index contributed by atoms with van der Waals surface area (Å²) < 4.78 is 5.88. The minimum Gasteiger partial charge on any atom is -0.477 e. The number of aromatic amines is 1.